The van der Waals surface area contributed by atoms with Crippen LogP contribution in [0, 0.1) is 0 Å². The fourth-order valence-electron chi connectivity index (χ4n) is 1.42. The molecule has 0 aromatic carbocycles. The monoisotopic (exact) mass is 181 g/mol. The molecule has 1 aliphatic heterocycles. The quantitative estimate of drug-likeness (QED) is 0.617. The van der Waals surface area contributed by atoms with Crippen LogP contribution in [0.25, 0.3) is 0 Å². The summed E-state index contributed by atoms with van der Waals surface area (Å²) < 4.78 is 3.98. The number of aromatic nitrogens is 2. The zero-order valence-corrected chi connectivity index (χ0v) is 7.68. The summed E-state index contributed by atoms with van der Waals surface area (Å²) in [5, 5.41) is 1.02. The third-order valence-electron chi connectivity index (χ3n) is 1.99. The zero-order chi connectivity index (χ0) is 8.39. The second kappa shape index (κ2) is 3.23. The van der Waals surface area contributed by atoms with Gasteiger partial charge in [0.25, 0.3) is 0 Å². The van der Waals surface area contributed by atoms with Gasteiger partial charge in [-0.15, -0.1) is 0 Å². The molecule has 0 N–H and O–H groups in total. The molecule has 2 heterocycles. The molecule has 1 aliphatic rings. The van der Waals surface area contributed by atoms with E-state index in [0.717, 1.165) is 24.6 Å². The van der Waals surface area contributed by atoms with Gasteiger partial charge in [-0.05, 0) is 12.8 Å². The fourth-order valence-corrected chi connectivity index (χ4v) is 1.97. The third-order valence-corrected chi connectivity index (χ3v) is 2.72. The predicted octanol–water partition coefficient (Wildman–Crippen LogP) is 1.69. The average molecular weight is 181 g/mol. The molecule has 1 aromatic rings. The van der Waals surface area contributed by atoms with Crippen LogP contribution in [0.2, 0.25) is 0 Å². The first-order chi connectivity index (χ1) is 5.86. The lowest BCUT2D eigenvalue weighted by molar-refractivity contribution is 0.678. The molecule has 12 heavy (non-hydrogen) atoms. The van der Waals surface area contributed by atoms with Crippen LogP contribution in [0.3, 0.4) is 0 Å². The zero-order valence-electron chi connectivity index (χ0n) is 6.86. The van der Waals surface area contributed by atoms with E-state index in [1.165, 1.54) is 23.5 Å². The summed E-state index contributed by atoms with van der Waals surface area (Å²) in [5.41, 5.74) is 1.30. The molecule has 4 heteroatoms. The first-order valence-corrected chi connectivity index (χ1v) is 4.82. The van der Waals surface area contributed by atoms with E-state index in [4.69, 9.17) is 0 Å². The van der Waals surface area contributed by atoms with Crippen molar-refractivity contribution in [2.75, 3.05) is 18.0 Å². The Balaban J connectivity index is 2.09. The Labute approximate surface area is 75.9 Å². The molecular formula is C8H11N3S. The number of hydrogen-bond acceptors (Lipinski definition) is 4. The van der Waals surface area contributed by atoms with Gasteiger partial charge >= 0.3 is 0 Å². The lowest BCUT2D eigenvalue weighted by atomic mass is 10.1. The molecule has 1 saturated heterocycles. The Morgan fingerprint density at radius 2 is 2.50 bits per heavy atom. The van der Waals surface area contributed by atoms with E-state index in [2.05, 4.69) is 20.8 Å². The summed E-state index contributed by atoms with van der Waals surface area (Å²) in [6.45, 7) is 6.03. The number of hydrogen-bond donors (Lipinski definition) is 0. The van der Waals surface area contributed by atoms with Crippen LogP contribution in [-0.2, 0) is 0 Å². The summed E-state index contributed by atoms with van der Waals surface area (Å²) in [6, 6.07) is 0. The Kier molecular flexibility index (Phi) is 2.08. The fraction of sp³-hybridized carbons (Fsp3) is 0.500. The van der Waals surface area contributed by atoms with Gasteiger partial charge in [0, 0.05) is 24.6 Å². The van der Waals surface area contributed by atoms with Crippen molar-refractivity contribution in [3.8, 4) is 0 Å². The molecule has 0 aliphatic carbocycles. The molecule has 1 aromatic heterocycles. The highest BCUT2D eigenvalue weighted by atomic mass is 32.1. The Morgan fingerprint density at radius 1 is 1.58 bits per heavy atom. The van der Waals surface area contributed by atoms with Crippen molar-refractivity contribution in [1.29, 1.82) is 0 Å². The van der Waals surface area contributed by atoms with Crippen LogP contribution in [-0.4, -0.2) is 22.4 Å². The van der Waals surface area contributed by atoms with Crippen molar-refractivity contribution in [2.45, 2.75) is 12.8 Å². The molecular weight excluding hydrogens is 170 g/mol. The summed E-state index contributed by atoms with van der Waals surface area (Å²) in [7, 11) is 0. The minimum absolute atomic E-state index is 0.954. The van der Waals surface area contributed by atoms with Gasteiger partial charge in [0.1, 0.15) is 6.33 Å². The van der Waals surface area contributed by atoms with Crippen LogP contribution in [0.15, 0.2) is 18.5 Å². The third kappa shape index (κ3) is 1.48. The molecule has 64 valence electrons. The number of nitrogens with zero attached hydrogens (tertiary/aromatic N) is 3. The van der Waals surface area contributed by atoms with Crippen LogP contribution in [0.5, 0.6) is 0 Å². The van der Waals surface area contributed by atoms with Gasteiger partial charge in [0.2, 0.25) is 5.13 Å². The lowest BCUT2D eigenvalue weighted by Crippen LogP contribution is -2.30. The van der Waals surface area contributed by atoms with Gasteiger partial charge in [-0.1, -0.05) is 12.2 Å². The average Bonchev–Trinajstić information content (AvgIpc) is 2.56. The summed E-state index contributed by atoms with van der Waals surface area (Å²) >= 11 is 1.46. The number of rotatable bonds is 1. The lowest BCUT2D eigenvalue weighted by Gasteiger charge is -2.27. The van der Waals surface area contributed by atoms with Crippen molar-refractivity contribution in [3.05, 3.63) is 18.5 Å². The normalized spacial score (nSPS) is 18.3. The Hall–Kier alpha value is -0.900. The van der Waals surface area contributed by atoms with E-state index in [1.807, 2.05) is 0 Å². The maximum Gasteiger partial charge on any atom is 0.205 e. The SMILES string of the molecule is C=C1CCCN(c2ncns2)C1. The highest BCUT2D eigenvalue weighted by Gasteiger charge is 2.15. The minimum atomic E-state index is 0.954. The van der Waals surface area contributed by atoms with Crippen molar-refractivity contribution < 1.29 is 0 Å². The van der Waals surface area contributed by atoms with Crippen molar-refractivity contribution in [2.24, 2.45) is 0 Å². The van der Waals surface area contributed by atoms with E-state index < -0.39 is 0 Å². The van der Waals surface area contributed by atoms with E-state index >= 15 is 0 Å². The van der Waals surface area contributed by atoms with Crippen molar-refractivity contribution in [1.82, 2.24) is 9.36 Å². The van der Waals surface area contributed by atoms with Gasteiger partial charge in [0.15, 0.2) is 0 Å². The molecule has 2 rings (SSSR count). The van der Waals surface area contributed by atoms with Gasteiger partial charge in [-0.25, -0.2) is 4.98 Å². The van der Waals surface area contributed by atoms with Crippen LogP contribution in [0.4, 0.5) is 5.13 Å². The molecule has 0 bridgehead atoms. The summed E-state index contributed by atoms with van der Waals surface area (Å²) in [6.07, 6.45) is 3.96. The van der Waals surface area contributed by atoms with E-state index in [0.29, 0.717) is 0 Å². The first kappa shape index (κ1) is 7.73. The smallest absolute Gasteiger partial charge is 0.205 e. The largest absolute Gasteiger partial charge is 0.343 e. The van der Waals surface area contributed by atoms with E-state index in [9.17, 15) is 0 Å². The van der Waals surface area contributed by atoms with Crippen molar-refractivity contribution in [3.63, 3.8) is 0 Å². The summed E-state index contributed by atoms with van der Waals surface area (Å²) in [5.74, 6) is 0. The van der Waals surface area contributed by atoms with Crippen LogP contribution in [0.1, 0.15) is 12.8 Å². The Morgan fingerprint density at radius 3 is 3.17 bits per heavy atom. The van der Waals surface area contributed by atoms with E-state index in [1.54, 1.807) is 6.33 Å². The molecule has 1 fully saturated rings. The Bertz CT molecular complexity index is 268. The van der Waals surface area contributed by atoms with Gasteiger partial charge in [0.05, 0.1) is 0 Å². The highest BCUT2D eigenvalue weighted by molar-refractivity contribution is 7.09. The van der Waals surface area contributed by atoms with Crippen LogP contribution < -0.4 is 4.90 Å². The topological polar surface area (TPSA) is 29.0 Å². The second-order valence-corrected chi connectivity index (χ2v) is 3.76. The predicted molar refractivity (Wildman–Crippen MR) is 50.5 cm³/mol. The summed E-state index contributed by atoms with van der Waals surface area (Å²) in [4.78, 5) is 6.41. The van der Waals surface area contributed by atoms with E-state index in [-0.39, 0.29) is 0 Å². The number of piperidine rings is 1. The molecule has 0 radical (unpaired) electrons. The maximum atomic E-state index is 4.17. The van der Waals surface area contributed by atoms with Gasteiger partial charge < -0.3 is 4.90 Å². The molecule has 0 spiro atoms. The second-order valence-electron chi connectivity index (χ2n) is 3.00. The van der Waals surface area contributed by atoms with Crippen molar-refractivity contribution >= 4 is 16.7 Å². The number of anilines is 1. The van der Waals surface area contributed by atoms with Gasteiger partial charge in [-0.3, -0.25) is 0 Å². The first-order valence-electron chi connectivity index (χ1n) is 4.04. The minimum Gasteiger partial charge on any atom is -0.343 e. The molecule has 0 saturated carbocycles. The standard InChI is InChI=1S/C8H11N3S/c1-7-3-2-4-11(5-7)8-9-6-10-12-8/h6H,1-5H2. The molecule has 0 atom stereocenters. The molecule has 0 unspecified atom stereocenters. The van der Waals surface area contributed by atoms with Gasteiger partial charge in [-0.2, -0.15) is 4.37 Å². The molecule has 3 nitrogen and oxygen atoms in total. The maximum absolute atomic E-state index is 4.17. The van der Waals surface area contributed by atoms with Crippen LogP contribution >= 0.6 is 11.5 Å². The highest BCUT2D eigenvalue weighted by Crippen LogP contribution is 2.21. The molecule has 0 amide bonds.